The van der Waals surface area contributed by atoms with Gasteiger partial charge in [0, 0.05) is 32.4 Å². The summed E-state index contributed by atoms with van der Waals surface area (Å²) < 4.78 is 0. The molecule has 1 aromatic rings. The van der Waals surface area contributed by atoms with E-state index in [9.17, 15) is 5.11 Å². The van der Waals surface area contributed by atoms with Crippen molar-refractivity contribution in [3.05, 3.63) is 23.9 Å². The van der Waals surface area contributed by atoms with Crippen molar-refractivity contribution < 1.29 is 5.11 Å². The van der Waals surface area contributed by atoms with Crippen molar-refractivity contribution in [2.45, 2.75) is 26.4 Å². The lowest BCUT2D eigenvalue weighted by Crippen LogP contribution is -2.46. The van der Waals surface area contributed by atoms with Gasteiger partial charge in [0.1, 0.15) is 5.82 Å². The van der Waals surface area contributed by atoms with Gasteiger partial charge in [0.05, 0.1) is 6.10 Å². The Morgan fingerprint density at radius 2 is 1.94 bits per heavy atom. The Labute approximate surface area is 109 Å². The van der Waals surface area contributed by atoms with E-state index in [1.165, 1.54) is 0 Å². The molecule has 100 valence electrons. The van der Waals surface area contributed by atoms with Crippen molar-refractivity contribution >= 4 is 5.82 Å². The van der Waals surface area contributed by atoms with Crippen LogP contribution in [0.3, 0.4) is 0 Å². The summed E-state index contributed by atoms with van der Waals surface area (Å²) in [5.41, 5.74) is 0.911. The van der Waals surface area contributed by atoms with E-state index in [4.69, 9.17) is 0 Å². The molecule has 0 amide bonds. The lowest BCUT2D eigenvalue weighted by Gasteiger charge is -2.34. The van der Waals surface area contributed by atoms with Gasteiger partial charge in [-0.25, -0.2) is 4.98 Å². The van der Waals surface area contributed by atoms with Gasteiger partial charge in [-0.3, -0.25) is 0 Å². The maximum atomic E-state index is 9.74. The third-order valence-electron chi connectivity index (χ3n) is 3.69. The SMILES string of the molecule is CCC(O)c1ccc(N2CCN(CC)CC2)nc1. The first-order valence-corrected chi connectivity index (χ1v) is 6.86. The lowest BCUT2D eigenvalue weighted by atomic mass is 10.1. The molecule has 2 rings (SSSR count). The molecule has 1 atom stereocenters. The molecule has 1 aromatic heterocycles. The molecule has 0 bridgehead atoms. The van der Waals surface area contributed by atoms with Crippen LogP contribution in [0.2, 0.25) is 0 Å². The number of likely N-dealkylation sites (N-methyl/N-ethyl adjacent to an activating group) is 1. The minimum atomic E-state index is -0.386. The van der Waals surface area contributed by atoms with E-state index < -0.39 is 0 Å². The average Bonchev–Trinajstić information content (AvgIpc) is 2.47. The van der Waals surface area contributed by atoms with Gasteiger partial charge in [-0.05, 0) is 24.6 Å². The summed E-state index contributed by atoms with van der Waals surface area (Å²) in [4.78, 5) is 9.23. The highest BCUT2D eigenvalue weighted by atomic mass is 16.3. The van der Waals surface area contributed by atoms with Crippen molar-refractivity contribution in [2.75, 3.05) is 37.6 Å². The van der Waals surface area contributed by atoms with Gasteiger partial charge in [0.15, 0.2) is 0 Å². The molecule has 0 aromatic carbocycles. The summed E-state index contributed by atoms with van der Waals surface area (Å²) in [7, 11) is 0. The fraction of sp³-hybridized carbons (Fsp3) is 0.643. The molecule has 0 saturated carbocycles. The Hall–Kier alpha value is -1.13. The number of hydrogen-bond donors (Lipinski definition) is 1. The summed E-state index contributed by atoms with van der Waals surface area (Å²) in [6, 6.07) is 4.01. The van der Waals surface area contributed by atoms with Crippen molar-refractivity contribution in [1.29, 1.82) is 0 Å². The summed E-state index contributed by atoms with van der Waals surface area (Å²) in [6.45, 7) is 9.60. The Balaban J connectivity index is 1.98. The summed E-state index contributed by atoms with van der Waals surface area (Å²) in [5.74, 6) is 1.03. The van der Waals surface area contributed by atoms with Crippen LogP contribution in [0.5, 0.6) is 0 Å². The van der Waals surface area contributed by atoms with Crippen LogP contribution in [0.15, 0.2) is 18.3 Å². The monoisotopic (exact) mass is 249 g/mol. The topological polar surface area (TPSA) is 39.6 Å². The highest BCUT2D eigenvalue weighted by molar-refractivity contribution is 5.40. The lowest BCUT2D eigenvalue weighted by molar-refractivity contribution is 0.173. The zero-order chi connectivity index (χ0) is 13.0. The fourth-order valence-electron chi connectivity index (χ4n) is 2.31. The highest BCUT2D eigenvalue weighted by Crippen LogP contribution is 2.19. The van der Waals surface area contributed by atoms with E-state index >= 15 is 0 Å². The van der Waals surface area contributed by atoms with Gasteiger partial charge in [0.25, 0.3) is 0 Å². The summed E-state index contributed by atoms with van der Waals surface area (Å²) in [6.07, 6.45) is 2.15. The number of anilines is 1. The standard InChI is InChI=1S/C14H23N3O/c1-3-13(18)12-5-6-14(15-11-12)17-9-7-16(4-2)8-10-17/h5-6,11,13,18H,3-4,7-10H2,1-2H3. The van der Waals surface area contributed by atoms with Gasteiger partial charge in [-0.2, -0.15) is 0 Å². The van der Waals surface area contributed by atoms with Crippen molar-refractivity contribution in [1.82, 2.24) is 9.88 Å². The highest BCUT2D eigenvalue weighted by Gasteiger charge is 2.16. The Bertz CT molecular complexity index is 358. The van der Waals surface area contributed by atoms with Crippen LogP contribution in [0.4, 0.5) is 5.82 Å². The van der Waals surface area contributed by atoms with Crippen LogP contribution in [0.1, 0.15) is 31.9 Å². The molecule has 1 aliphatic rings. The van der Waals surface area contributed by atoms with Gasteiger partial charge < -0.3 is 14.9 Å². The smallest absolute Gasteiger partial charge is 0.128 e. The predicted octanol–water partition coefficient (Wildman–Crippen LogP) is 1.67. The summed E-state index contributed by atoms with van der Waals surface area (Å²) >= 11 is 0. The minimum absolute atomic E-state index is 0.386. The van der Waals surface area contributed by atoms with E-state index in [1.807, 2.05) is 19.1 Å². The molecule has 1 aliphatic heterocycles. The van der Waals surface area contributed by atoms with Gasteiger partial charge in [-0.15, -0.1) is 0 Å². The zero-order valence-corrected chi connectivity index (χ0v) is 11.3. The molecule has 0 spiro atoms. The van der Waals surface area contributed by atoms with Crippen LogP contribution >= 0.6 is 0 Å². The van der Waals surface area contributed by atoms with Crippen LogP contribution < -0.4 is 4.90 Å². The van der Waals surface area contributed by atoms with Gasteiger partial charge in [0.2, 0.25) is 0 Å². The Morgan fingerprint density at radius 3 is 2.44 bits per heavy atom. The number of nitrogens with zero attached hydrogens (tertiary/aromatic N) is 3. The number of aliphatic hydroxyl groups is 1. The van der Waals surface area contributed by atoms with Crippen molar-refractivity contribution in [3.63, 3.8) is 0 Å². The van der Waals surface area contributed by atoms with Gasteiger partial charge >= 0.3 is 0 Å². The number of piperazine rings is 1. The zero-order valence-electron chi connectivity index (χ0n) is 11.3. The molecule has 4 heteroatoms. The van der Waals surface area contributed by atoms with E-state index in [2.05, 4.69) is 21.7 Å². The molecule has 1 N–H and O–H groups in total. The predicted molar refractivity (Wildman–Crippen MR) is 73.8 cm³/mol. The number of hydrogen-bond acceptors (Lipinski definition) is 4. The number of aliphatic hydroxyl groups excluding tert-OH is 1. The first kappa shape index (κ1) is 13.3. The third kappa shape index (κ3) is 3.00. The quantitative estimate of drug-likeness (QED) is 0.881. The largest absolute Gasteiger partial charge is 0.388 e. The molecule has 1 saturated heterocycles. The van der Waals surface area contributed by atoms with Crippen molar-refractivity contribution in [3.8, 4) is 0 Å². The van der Waals surface area contributed by atoms with Crippen LogP contribution in [-0.4, -0.2) is 47.7 Å². The van der Waals surface area contributed by atoms with Crippen LogP contribution in [0.25, 0.3) is 0 Å². The second kappa shape index (κ2) is 6.16. The van der Waals surface area contributed by atoms with Crippen molar-refractivity contribution in [2.24, 2.45) is 0 Å². The first-order chi connectivity index (χ1) is 8.74. The Morgan fingerprint density at radius 1 is 1.22 bits per heavy atom. The second-order valence-corrected chi connectivity index (χ2v) is 4.80. The molecule has 0 aliphatic carbocycles. The van der Waals surface area contributed by atoms with E-state index in [0.29, 0.717) is 0 Å². The molecule has 1 unspecified atom stereocenters. The molecular weight excluding hydrogens is 226 g/mol. The summed E-state index contributed by atoms with van der Waals surface area (Å²) in [5, 5.41) is 9.74. The molecule has 4 nitrogen and oxygen atoms in total. The maximum Gasteiger partial charge on any atom is 0.128 e. The van der Waals surface area contributed by atoms with Crippen LogP contribution in [-0.2, 0) is 0 Å². The second-order valence-electron chi connectivity index (χ2n) is 4.80. The molecule has 18 heavy (non-hydrogen) atoms. The fourth-order valence-corrected chi connectivity index (χ4v) is 2.31. The van der Waals surface area contributed by atoms with E-state index in [-0.39, 0.29) is 6.10 Å². The van der Waals surface area contributed by atoms with E-state index in [1.54, 1.807) is 6.20 Å². The normalized spacial score (nSPS) is 18.9. The number of pyridine rings is 1. The molecule has 0 radical (unpaired) electrons. The number of aromatic nitrogens is 1. The maximum absolute atomic E-state index is 9.74. The number of rotatable bonds is 4. The third-order valence-corrected chi connectivity index (χ3v) is 3.69. The Kier molecular flexibility index (Phi) is 4.55. The molecular formula is C14H23N3O. The average molecular weight is 249 g/mol. The van der Waals surface area contributed by atoms with E-state index in [0.717, 1.165) is 50.5 Å². The molecule has 2 heterocycles. The van der Waals surface area contributed by atoms with Gasteiger partial charge in [-0.1, -0.05) is 19.9 Å². The minimum Gasteiger partial charge on any atom is -0.388 e. The van der Waals surface area contributed by atoms with Crippen LogP contribution in [0, 0.1) is 0 Å². The first-order valence-electron chi connectivity index (χ1n) is 6.86. The molecule has 1 fully saturated rings.